The van der Waals surface area contributed by atoms with E-state index in [0.717, 1.165) is 5.92 Å². The minimum Gasteiger partial charge on any atom is -0.316 e. The summed E-state index contributed by atoms with van der Waals surface area (Å²) in [6.07, 6.45) is 4.04. The highest BCUT2D eigenvalue weighted by Crippen LogP contribution is 2.17. The monoisotopic (exact) mass is 181 g/mol. The van der Waals surface area contributed by atoms with Crippen LogP contribution in [0.3, 0.4) is 0 Å². The minimum atomic E-state index is 0.883. The summed E-state index contributed by atoms with van der Waals surface area (Å²) in [5.74, 6) is 0.883. The van der Waals surface area contributed by atoms with Crippen LogP contribution in [0.4, 0.5) is 0 Å². The Balaban J connectivity index is 1.86. The van der Waals surface area contributed by atoms with Crippen molar-refractivity contribution in [2.75, 3.05) is 13.1 Å². The Kier molecular flexibility index (Phi) is 2.79. The first-order valence-corrected chi connectivity index (χ1v) is 5.61. The summed E-state index contributed by atoms with van der Waals surface area (Å²) in [6.45, 7) is 2.44. The fourth-order valence-corrected chi connectivity index (χ4v) is 2.52. The standard InChI is InChI=1S/C10H15NS/c1-2-9(7-11-4-1)6-10-3-5-12-8-10/h3,5,8-9,11H,1-2,4,6-7H2/t9-/m0/s1. The second kappa shape index (κ2) is 4.06. The number of rotatable bonds is 2. The number of hydrogen-bond acceptors (Lipinski definition) is 2. The van der Waals surface area contributed by atoms with Crippen LogP contribution >= 0.6 is 11.3 Å². The van der Waals surface area contributed by atoms with E-state index in [1.165, 1.54) is 37.9 Å². The summed E-state index contributed by atoms with van der Waals surface area (Å²) in [6, 6.07) is 2.25. The van der Waals surface area contributed by atoms with Crippen molar-refractivity contribution < 1.29 is 0 Å². The molecule has 0 radical (unpaired) electrons. The van der Waals surface area contributed by atoms with E-state index in [-0.39, 0.29) is 0 Å². The number of thiophene rings is 1. The lowest BCUT2D eigenvalue weighted by molar-refractivity contribution is 0.376. The lowest BCUT2D eigenvalue weighted by Gasteiger charge is -2.22. The first-order chi connectivity index (χ1) is 5.95. The number of piperidine rings is 1. The second-order valence-corrected chi connectivity index (χ2v) is 4.33. The highest BCUT2D eigenvalue weighted by atomic mass is 32.1. The summed E-state index contributed by atoms with van der Waals surface area (Å²) in [5, 5.41) is 7.90. The van der Waals surface area contributed by atoms with Crippen molar-refractivity contribution in [1.82, 2.24) is 5.32 Å². The van der Waals surface area contributed by atoms with Gasteiger partial charge in [0.2, 0.25) is 0 Å². The predicted octanol–water partition coefficient (Wildman–Crippen LogP) is 2.29. The van der Waals surface area contributed by atoms with Gasteiger partial charge < -0.3 is 5.32 Å². The fourth-order valence-electron chi connectivity index (χ4n) is 1.84. The van der Waals surface area contributed by atoms with Gasteiger partial charge in [-0.05, 0) is 60.7 Å². The average Bonchev–Trinajstić information content (AvgIpc) is 2.59. The third kappa shape index (κ3) is 2.08. The van der Waals surface area contributed by atoms with Crippen molar-refractivity contribution in [3.63, 3.8) is 0 Å². The second-order valence-electron chi connectivity index (χ2n) is 3.55. The SMILES string of the molecule is c1cc(C[C@@H]2CCCNC2)cs1. The molecule has 1 atom stereocenters. The molecule has 0 bridgehead atoms. The normalized spacial score (nSPS) is 24.2. The molecular weight excluding hydrogens is 166 g/mol. The molecule has 66 valence electrons. The molecule has 0 aromatic carbocycles. The van der Waals surface area contributed by atoms with Gasteiger partial charge in [0.25, 0.3) is 0 Å². The van der Waals surface area contributed by atoms with Gasteiger partial charge in [-0.1, -0.05) is 0 Å². The zero-order chi connectivity index (χ0) is 8.23. The molecule has 0 unspecified atom stereocenters. The Morgan fingerprint density at radius 1 is 1.58 bits per heavy atom. The van der Waals surface area contributed by atoms with Crippen molar-refractivity contribution in [3.8, 4) is 0 Å². The Labute approximate surface area is 77.8 Å². The molecule has 1 saturated heterocycles. The Morgan fingerprint density at radius 2 is 2.58 bits per heavy atom. The molecule has 1 aliphatic heterocycles. The van der Waals surface area contributed by atoms with Crippen LogP contribution in [0, 0.1) is 5.92 Å². The van der Waals surface area contributed by atoms with Crippen LogP contribution in [-0.4, -0.2) is 13.1 Å². The smallest absolute Gasteiger partial charge is 0.00173 e. The molecule has 1 N–H and O–H groups in total. The van der Waals surface area contributed by atoms with Gasteiger partial charge in [-0.25, -0.2) is 0 Å². The van der Waals surface area contributed by atoms with Crippen LogP contribution in [0.1, 0.15) is 18.4 Å². The van der Waals surface area contributed by atoms with Crippen LogP contribution < -0.4 is 5.32 Å². The molecule has 0 spiro atoms. The Morgan fingerprint density at radius 3 is 3.25 bits per heavy atom. The molecule has 1 nitrogen and oxygen atoms in total. The summed E-state index contributed by atoms with van der Waals surface area (Å²) >= 11 is 1.81. The zero-order valence-electron chi connectivity index (χ0n) is 7.25. The fraction of sp³-hybridized carbons (Fsp3) is 0.600. The molecule has 1 aliphatic rings. The van der Waals surface area contributed by atoms with Gasteiger partial charge >= 0.3 is 0 Å². The lowest BCUT2D eigenvalue weighted by Crippen LogP contribution is -2.30. The Bertz CT molecular complexity index is 212. The maximum atomic E-state index is 3.45. The largest absolute Gasteiger partial charge is 0.316 e. The summed E-state index contributed by atoms with van der Waals surface area (Å²) in [5.41, 5.74) is 1.52. The third-order valence-corrected chi connectivity index (χ3v) is 3.24. The van der Waals surface area contributed by atoms with Crippen LogP contribution in [0.2, 0.25) is 0 Å². The van der Waals surface area contributed by atoms with E-state index < -0.39 is 0 Å². The average molecular weight is 181 g/mol. The maximum absolute atomic E-state index is 3.45. The van der Waals surface area contributed by atoms with E-state index >= 15 is 0 Å². The van der Waals surface area contributed by atoms with Gasteiger partial charge in [0.05, 0.1) is 0 Å². The summed E-state index contributed by atoms with van der Waals surface area (Å²) in [4.78, 5) is 0. The van der Waals surface area contributed by atoms with E-state index in [1.54, 1.807) is 0 Å². The minimum absolute atomic E-state index is 0.883. The highest BCUT2D eigenvalue weighted by Gasteiger charge is 2.12. The summed E-state index contributed by atoms with van der Waals surface area (Å²) < 4.78 is 0. The van der Waals surface area contributed by atoms with Crippen LogP contribution in [0.5, 0.6) is 0 Å². The van der Waals surface area contributed by atoms with E-state index in [2.05, 4.69) is 22.1 Å². The van der Waals surface area contributed by atoms with Crippen molar-refractivity contribution in [2.24, 2.45) is 5.92 Å². The lowest BCUT2D eigenvalue weighted by atomic mass is 9.94. The zero-order valence-corrected chi connectivity index (χ0v) is 8.07. The molecule has 0 saturated carbocycles. The topological polar surface area (TPSA) is 12.0 Å². The van der Waals surface area contributed by atoms with Crippen molar-refractivity contribution >= 4 is 11.3 Å². The maximum Gasteiger partial charge on any atom is -0.00173 e. The van der Waals surface area contributed by atoms with Gasteiger partial charge in [0.1, 0.15) is 0 Å². The molecule has 2 rings (SSSR count). The molecule has 2 heterocycles. The van der Waals surface area contributed by atoms with E-state index in [1.807, 2.05) is 11.3 Å². The van der Waals surface area contributed by atoms with Gasteiger partial charge in [-0.2, -0.15) is 11.3 Å². The molecule has 1 aromatic heterocycles. The van der Waals surface area contributed by atoms with Crippen molar-refractivity contribution in [2.45, 2.75) is 19.3 Å². The molecule has 2 heteroatoms. The predicted molar refractivity (Wildman–Crippen MR) is 53.6 cm³/mol. The quantitative estimate of drug-likeness (QED) is 0.738. The highest BCUT2D eigenvalue weighted by molar-refractivity contribution is 7.07. The van der Waals surface area contributed by atoms with Gasteiger partial charge in [0, 0.05) is 0 Å². The number of nitrogens with one attached hydrogen (secondary N) is 1. The van der Waals surface area contributed by atoms with Gasteiger partial charge in [-0.3, -0.25) is 0 Å². The van der Waals surface area contributed by atoms with E-state index in [9.17, 15) is 0 Å². The number of hydrogen-bond donors (Lipinski definition) is 1. The molecule has 12 heavy (non-hydrogen) atoms. The molecule has 1 fully saturated rings. The van der Waals surface area contributed by atoms with Crippen LogP contribution in [0.25, 0.3) is 0 Å². The van der Waals surface area contributed by atoms with Crippen LogP contribution in [-0.2, 0) is 6.42 Å². The van der Waals surface area contributed by atoms with E-state index in [4.69, 9.17) is 0 Å². The molecule has 0 amide bonds. The molecule has 1 aromatic rings. The van der Waals surface area contributed by atoms with E-state index in [0.29, 0.717) is 0 Å². The summed E-state index contributed by atoms with van der Waals surface area (Å²) in [7, 11) is 0. The third-order valence-electron chi connectivity index (χ3n) is 2.50. The van der Waals surface area contributed by atoms with Gasteiger partial charge in [0.15, 0.2) is 0 Å². The first-order valence-electron chi connectivity index (χ1n) is 4.67. The van der Waals surface area contributed by atoms with Crippen molar-refractivity contribution in [1.29, 1.82) is 0 Å². The van der Waals surface area contributed by atoms with Gasteiger partial charge in [-0.15, -0.1) is 0 Å². The Hall–Kier alpha value is -0.340. The van der Waals surface area contributed by atoms with Crippen LogP contribution in [0.15, 0.2) is 16.8 Å². The molecule has 0 aliphatic carbocycles. The molecular formula is C10H15NS. The van der Waals surface area contributed by atoms with Crippen molar-refractivity contribution in [3.05, 3.63) is 22.4 Å². The first kappa shape index (κ1) is 8.27.